The van der Waals surface area contributed by atoms with Gasteiger partial charge in [0.1, 0.15) is 18.0 Å². The zero-order chi connectivity index (χ0) is 48.7. The van der Waals surface area contributed by atoms with Crippen molar-refractivity contribution in [2.24, 2.45) is 11.8 Å². The molecule has 10 nitrogen and oxygen atoms in total. The smallest absolute Gasteiger partial charge is 0.347 e. The summed E-state index contributed by atoms with van der Waals surface area (Å²) in [5.41, 5.74) is 3.45. The third-order valence-electron chi connectivity index (χ3n) is 11.8. The molecule has 1 heterocycles. The summed E-state index contributed by atoms with van der Waals surface area (Å²) in [5.74, 6) is -0.269. The summed E-state index contributed by atoms with van der Waals surface area (Å²) in [6, 6.07) is 35.5. The highest BCUT2D eigenvalue weighted by molar-refractivity contribution is 5.90. The van der Waals surface area contributed by atoms with Crippen molar-refractivity contribution < 1.29 is 48.3 Å². The maximum absolute atomic E-state index is 11.7. The Hall–Kier alpha value is -7.04. The van der Waals surface area contributed by atoms with E-state index in [2.05, 4.69) is 43.7 Å². The van der Waals surface area contributed by atoms with E-state index in [1.807, 2.05) is 103 Å². The molecule has 3 atom stereocenters. The molecule has 5 aromatic rings. The van der Waals surface area contributed by atoms with E-state index in [9.17, 15) is 29.4 Å². The largest absolute Gasteiger partial charge is 0.508 e. The number of ether oxygens (including phenoxy) is 4. The first kappa shape index (κ1) is 51.0. The number of carbonyl (C=O) groups excluding carboxylic acids is 4. The Morgan fingerprint density at radius 3 is 1.82 bits per heavy atom. The van der Waals surface area contributed by atoms with Gasteiger partial charge in [0, 0.05) is 29.6 Å². The third-order valence-corrected chi connectivity index (χ3v) is 11.8. The minimum absolute atomic E-state index is 0.287. The third kappa shape index (κ3) is 15.0. The van der Waals surface area contributed by atoms with Gasteiger partial charge in [0.2, 0.25) is 6.10 Å². The Kier molecular flexibility index (Phi) is 17.8. The van der Waals surface area contributed by atoms with Crippen molar-refractivity contribution in [1.82, 2.24) is 0 Å². The topological polar surface area (TPSA) is 146 Å². The molecule has 0 aromatic heterocycles. The maximum Gasteiger partial charge on any atom is 0.347 e. The molecule has 0 radical (unpaired) electrons. The number of phenols is 1. The van der Waals surface area contributed by atoms with Crippen LogP contribution >= 0.6 is 0 Å². The van der Waals surface area contributed by atoms with E-state index < -0.39 is 29.2 Å². The van der Waals surface area contributed by atoms with E-state index >= 15 is 0 Å². The molecule has 10 rings (SSSR count). The fraction of sp³-hybridized carbons (Fsp3) is 0.298. The lowest BCUT2D eigenvalue weighted by Crippen LogP contribution is -2.60. The summed E-state index contributed by atoms with van der Waals surface area (Å²) in [6.07, 6.45) is 8.86. The number of carbonyl (C=O) groups is 4. The molecule has 0 spiro atoms. The normalized spacial score (nSPS) is 21.4. The van der Waals surface area contributed by atoms with Crippen LogP contribution in [0.15, 0.2) is 159 Å². The zero-order valence-corrected chi connectivity index (χ0v) is 38.8. The van der Waals surface area contributed by atoms with E-state index in [1.165, 1.54) is 24.3 Å². The van der Waals surface area contributed by atoms with Gasteiger partial charge in [0.05, 0.1) is 12.2 Å². The first-order valence-electron chi connectivity index (χ1n) is 22.4. The Morgan fingerprint density at radius 2 is 1.25 bits per heavy atom. The fourth-order valence-electron chi connectivity index (χ4n) is 8.92. The predicted molar refractivity (Wildman–Crippen MR) is 264 cm³/mol. The highest BCUT2D eigenvalue weighted by atomic mass is 16.6. The van der Waals surface area contributed by atoms with Crippen molar-refractivity contribution in [3.8, 4) is 5.75 Å². The summed E-state index contributed by atoms with van der Waals surface area (Å²) in [7, 11) is 0. The Morgan fingerprint density at radius 1 is 0.687 bits per heavy atom. The molecule has 0 amide bonds. The van der Waals surface area contributed by atoms with Crippen molar-refractivity contribution in [2.45, 2.75) is 89.6 Å². The Bertz CT molecular complexity index is 2610. The van der Waals surface area contributed by atoms with Crippen LogP contribution in [0.5, 0.6) is 5.75 Å². The molecule has 10 heteroatoms. The number of esters is 4. The van der Waals surface area contributed by atoms with Crippen LogP contribution in [0.4, 0.5) is 0 Å². The number of aromatic hydroxyl groups is 1. The summed E-state index contributed by atoms with van der Waals surface area (Å²) < 4.78 is 20.2. The monoisotopic (exact) mass is 906 g/mol. The van der Waals surface area contributed by atoms with Crippen LogP contribution < -0.4 is 0 Å². The number of cyclic esters (lactones) is 1. The van der Waals surface area contributed by atoms with Crippen molar-refractivity contribution in [1.29, 1.82) is 0 Å². The molecule has 5 aliphatic rings. The lowest BCUT2D eigenvalue weighted by Gasteiger charge is -2.59. The molecular formula is C57H62O10. The van der Waals surface area contributed by atoms with Crippen LogP contribution in [-0.4, -0.2) is 58.0 Å². The maximum atomic E-state index is 11.7. The molecule has 4 bridgehead atoms. The molecule has 350 valence electrons. The van der Waals surface area contributed by atoms with Gasteiger partial charge in [0.25, 0.3) is 0 Å². The van der Waals surface area contributed by atoms with Gasteiger partial charge in [-0.05, 0) is 127 Å². The quantitative estimate of drug-likeness (QED) is 0.0832. The SMILES string of the molecule is C=C(C)C(=O)OC12CC3CC(CC(O)(C3)C1)C2.C=C(C)C(=O)OC1CCOC1=O.C=C(C)C(=O)OCc1ccc2ccccc2c1.C=Cc1ccc2cc(O)ccc2c1.C=Cc1ccccc1. The zero-order valence-electron chi connectivity index (χ0n) is 38.8. The standard InChI is InChI=1S/C15H14O2.C14H20O3.C12H10O.C8H10O4.C8H8/c1-11(2)15(16)17-10-12-7-8-13-5-3-4-6-14(13)9-12;1-9(2)12(15)17-14-6-10-3-11(7-14)5-13(16,4-10)8-14;1-2-9-3-4-11-8-12(13)6-5-10(11)7-9;1-5(2)7(9)12-6-3-4-11-8(6)10;1-2-8-6-4-3-5-7-8/h3-9H,1,10H2,2H3;10-11,16H,1,3-8H2,2H3;2-8,13H,1H2;6H,1,3-4H2,2H3;2-7H,1H2. The molecule has 67 heavy (non-hydrogen) atoms. The Labute approximate surface area is 393 Å². The van der Waals surface area contributed by atoms with Gasteiger partial charge in [-0.3, -0.25) is 0 Å². The van der Waals surface area contributed by atoms with Gasteiger partial charge in [-0.25, -0.2) is 19.2 Å². The molecule has 3 unspecified atom stereocenters. The second kappa shape index (κ2) is 23.4. The second-order valence-electron chi connectivity index (χ2n) is 17.8. The molecule has 2 N–H and O–H groups in total. The van der Waals surface area contributed by atoms with Crippen molar-refractivity contribution in [2.75, 3.05) is 6.61 Å². The van der Waals surface area contributed by atoms with Crippen molar-refractivity contribution >= 4 is 57.6 Å². The summed E-state index contributed by atoms with van der Waals surface area (Å²) >= 11 is 0. The van der Waals surface area contributed by atoms with E-state index in [-0.39, 0.29) is 24.1 Å². The van der Waals surface area contributed by atoms with Crippen molar-refractivity contribution in [3.05, 3.63) is 175 Å². The van der Waals surface area contributed by atoms with Crippen LogP contribution in [0.25, 0.3) is 33.7 Å². The lowest BCUT2D eigenvalue weighted by molar-refractivity contribution is -0.217. The highest BCUT2D eigenvalue weighted by Gasteiger charge is 2.59. The number of aliphatic hydroxyl groups is 1. The number of phenolic OH excluding ortho intramolecular Hbond substituents is 1. The molecule has 1 saturated heterocycles. The average Bonchev–Trinajstić information content (AvgIpc) is 3.71. The molecular weight excluding hydrogens is 845 g/mol. The van der Waals surface area contributed by atoms with E-state index in [1.54, 1.807) is 26.0 Å². The predicted octanol–water partition coefficient (Wildman–Crippen LogP) is 11.6. The number of fused-ring (bicyclic) bond motifs is 2. The van der Waals surface area contributed by atoms with Gasteiger partial charge in [-0.2, -0.15) is 0 Å². The summed E-state index contributed by atoms with van der Waals surface area (Å²) in [5, 5.41) is 24.2. The first-order valence-corrected chi connectivity index (χ1v) is 22.4. The van der Waals surface area contributed by atoms with E-state index in [0.29, 0.717) is 48.2 Å². The molecule has 4 saturated carbocycles. The highest BCUT2D eigenvalue weighted by Crippen LogP contribution is 2.59. The van der Waals surface area contributed by atoms with Gasteiger partial charge in [-0.15, -0.1) is 0 Å². The van der Waals surface area contributed by atoms with Crippen molar-refractivity contribution in [3.63, 3.8) is 0 Å². The average molecular weight is 907 g/mol. The van der Waals surface area contributed by atoms with Crippen LogP contribution in [-0.2, 0) is 44.7 Å². The van der Waals surface area contributed by atoms with Crippen LogP contribution in [0, 0.1) is 11.8 Å². The summed E-state index contributed by atoms with van der Waals surface area (Å²) in [4.78, 5) is 44.7. The first-order chi connectivity index (χ1) is 31.9. The number of hydrogen-bond donors (Lipinski definition) is 2. The molecule has 5 fully saturated rings. The second-order valence-corrected chi connectivity index (χ2v) is 17.8. The van der Waals surface area contributed by atoms with Gasteiger partial charge in [0.15, 0.2) is 0 Å². The Balaban J connectivity index is 0.000000160. The van der Waals surface area contributed by atoms with Crippen LogP contribution in [0.1, 0.15) is 82.4 Å². The number of benzene rings is 5. The fourth-order valence-corrected chi connectivity index (χ4v) is 8.92. The lowest BCUT2D eigenvalue weighted by atomic mass is 9.52. The number of hydrogen-bond acceptors (Lipinski definition) is 10. The van der Waals surface area contributed by atoms with Gasteiger partial charge >= 0.3 is 23.9 Å². The van der Waals surface area contributed by atoms with Gasteiger partial charge in [-0.1, -0.05) is 130 Å². The van der Waals surface area contributed by atoms with Crippen LogP contribution in [0.3, 0.4) is 0 Å². The van der Waals surface area contributed by atoms with E-state index in [4.69, 9.17) is 14.2 Å². The molecule has 4 aliphatic carbocycles. The summed E-state index contributed by atoms with van der Waals surface area (Å²) in [6.45, 7) is 23.4. The minimum Gasteiger partial charge on any atom is -0.508 e. The van der Waals surface area contributed by atoms with Gasteiger partial charge < -0.3 is 29.2 Å². The minimum atomic E-state index is -0.728. The molecule has 1 aliphatic heterocycles. The van der Waals surface area contributed by atoms with E-state index in [0.717, 1.165) is 53.0 Å². The van der Waals surface area contributed by atoms with Crippen LogP contribution in [0.2, 0.25) is 0 Å². The molecule has 5 aromatic carbocycles. The number of rotatable bonds is 9.